The van der Waals surface area contributed by atoms with Crippen LogP contribution >= 0.6 is 0 Å². The van der Waals surface area contributed by atoms with Crippen molar-refractivity contribution in [3.8, 4) is 0 Å². The molecule has 0 saturated carbocycles. The van der Waals surface area contributed by atoms with E-state index in [1.807, 2.05) is 6.92 Å². The lowest BCUT2D eigenvalue weighted by molar-refractivity contribution is -0.0827. The van der Waals surface area contributed by atoms with E-state index in [0.29, 0.717) is 6.61 Å². The van der Waals surface area contributed by atoms with Crippen LogP contribution in [-0.2, 0) is 4.74 Å². The van der Waals surface area contributed by atoms with Gasteiger partial charge in [-0.3, -0.25) is 4.90 Å². The Morgan fingerprint density at radius 1 is 1.15 bits per heavy atom. The maximum atomic E-state index is 9.11. The second kappa shape index (κ2) is 8.48. The Morgan fingerprint density at radius 2 is 1.69 bits per heavy atom. The minimum Gasteiger partial charge on any atom is -0.392 e. The first-order valence-corrected chi connectivity index (χ1v) is 5.26. The van der Waals surface area contributed by atoms with Gasteiger partial charge in [0.2, 0.25) is 0 Å². The highest BCUT2D eigenvalue weighted by Crippen LogP contribution is 2.03. The van der Waals surface area contributed by atoms with E-state index >= 15 is 0 Å². The highest BCUT2D eigenvalue weighted by Gasteiger charge is 2.15. The summed E-state index contributed by atoms with van der Waals surface area (Å²) in [5.74, 6) is 0. The van der Waals surface area contributed by atoms with E-state index in [4.69, 9.17) is 9.84 Å². The Balaban J connectivity index is 3.94. The third-order valence-electron chi connectivity index (χ3n) is 1.94. The molecule has 0 aromatic rings. The molecule has 0 radical (unpaired) electrons. The summed E-state index contributed by atoms with van der Waals surface area (Å²) in [4.78, 5) is 2.20. The molecule has 0 aliphatic rings. The van der Waals surface area contributed by atoms with E-state index < -0.39 is 0 Å². The molecule has 1 N–H and O–H groups in total. The van der Waals surface area contributed by atoms with Gasteiger partial charge < -0.3 is 9.84 Å². The highest BCUT2D eigenvalue weighted by molar-refractivity contribution is 4.61. The minimum absolute atomic E-state index is 0.0911. The van der Waals surface area contributed by atoms with Gasteiger partial charge in [-0.05, 0) is 19.8 Å². The molecular weight excluding hydrogens is 166 g/mol. The summed E-state index contributed by atoms with van der Waals surface area (Å²) in [6.45, 7) is 8.99. The number of aliphatic hydroxyl groups excluding tert-OH is 1. The van der Waals surface area contributed by atoms with Crippen molar-refractivity contribution < 1.29 is 9.84 Å². The molecule has 0 bridgehead atoms. The maximum Gasteiger partial charge on any atom is 0.133 e. The molecule has 3 nitrogen and oxygen atoms in total. The van der Waals surface area contributed by atoms with Crippen LogP contribution in [0, 0.1) is 0 Å². The molecule has 0 rings (SSSR count). The van der Waals surface area contributed by atoms with E-state index in [1.165, 1.54) is 0 Å². The molecule has 0 aromatic carbocycles. The minimum atomic E-state index is -0.107. The fourth-order valence-corrected chi connectivity index (χ4v) is 1.44. The zero-order chi connectivity index (χ0) is 10.1. The molecule has 0 aliphatic carbocycles. The molecule has 13 heavy (non-hydrogen) atoms. The normalized spacial score (nSPS) is 13.6. The number of aliphatic hydroxyl groups is 1. The van der Waals surface area contributed by atoms with Crippen molar-refractivity contribution >= 4 is 0 Å². The van der Waals surface area contributed by atoms with Crippen molar-refractivity contribution in [1.82, 2.24) is 4.90 Å². The van der Waals surface area contributed by atoms with Gasteiger partial charge >= 0.3 is 0 Å². The second-order valence-electron chi connectivity index (χ2n) is 3.13. The largest absolute Gasteiger partial charge is 0.392 e. The van der Waals surface area contributed by atoms with Crippen molar-refractivity contribution in [3.05, 3.63) is 0 Å². The molecular formula is C10H23NO2. The van der Waals surface area contributed by atoms with Crippen LogP contribution in [0.2, 0.25) is 0 Å². The van der Waals surface area contributed by atoms with Gasteiger partial charge in [0.25, 0.3) is 0 Å². The Hall–Kier alpha value is -0.120. The van der Waals surface area contributed by atoms with Gasteiger partial charge in [-0.25, -0.2) is 0 Å². The van der Waals surface area contributed by atoms with Gasteiger partial charge in [-0.2, -0.15) is 0 Å². The smallest absolute Gasteiger partial charge is 0.133 e. The van der Waals surface area contributed by atoms with Gasteiger partial charge in [0.05, 0.1) is 6.61 Å². The van der Waals surface area contributed by atoms with E-state index in [2.05, 4.69) is 18.7 Å². The van der Waals surface area contributed by atoms with Crippen molar-refractivity contribution in [2.45, 2.75) is 39.8 Å². The second-order valence-corrected chi connectivity index (χ2v) is 3.13. The number of hydrogen-bond acceptors (Lipinski definition) is 3. The summed E-state index contributed by atoms with van der Waals surface area (Å²) in [6, 6.07) is 0. The predicted octanol–water partition coefficient (Wildman–Crippen LogP) is 1.46. The van der Waals surface area contributed by atoms with Crippen LogP contribution in [0.5, 0.6) is 0 Å². The average Bonchev–Trinajstić information content (AvgIpc) is 2.14. The summed E-state index contributed by atoms with van der Waals surface area (Å²) >= 11 is 0. The first kappa shape index (κ1) is 12.9. The lowest BCUT2D eigenvalue weighted by Gasteiger charge is -2.29. The molecule has 0 aliphatic heterocycles. The quantitative estimate of drug-likeness (QED) is 0.587. The fourth-order valence-electron chi connectivity index (χ4n) is 1.44. The first-order valence-electron chi connectivity index (χ1n) is 5.26. The zero-order valence-corrected chi connectivity index (χ0v) is 9.12. The van der Waals surface area contributed by atoms with Crippen LogP contribution < -0.4 is 0 Å². The Labute approximate surface area is 81.7 Å². The van der Waals surface area contributed by atoms with Crippen LogP contribution in [0.3, 0.4) is 0 Å². The monoisotopic (exact) mass is 189 g/mol. The van der Waals surface area contributed by atoms with Crippen LogP contribution in [-0.4, -0.2) is 42.5 Å². The molecule has 3 heteroatoms. The summed E-state index contributed by atoms with van der Waals surface area (Å²) in [7, 11) is 0. The fraction of sp³-hybridized carbons (Fsp3) is 1.00. The Morgan fingerprint density at radius 3 is 2.00 bits per heavy atom. The molecule has 1 unspecified atom stereocenters. The molecule has 0 saturated heterocycles. The van der Waals surface area contributed by atoms with Crippen molar-refractivity contribution in [2.24, 2.45) is 0 Å². The van der Waals surface area contributed by atoms with Gasteiger partial charge in [0.1, 0.15) is 6.23 Å². The zero-order valence-electron chi connectivity index (χ0n) is 9.12. The lowest BCUT2D eigenvalue weighted by atomic mass is 10.3. The third-order valence-corrected chi connectivity index (χ3v) is 1.94. The average molecular weight is 189 g/mol. The van der Waals surface area contributed by atoms with Crippen LogP contribution in [0.15, 0.2) is 0 Å². The molecule has 0 amide bonds. The summed E-state index contributed by atoms with van der Waals surface area (Å²) in [5.41, 5.74) is 0. The topological polar surface area (TPSA) is 32.7 Å². The van der Waals surface area contributed by atoms with E-state index in [1.54, 1.807) is 0 Å². The molecule has 0 fully saturated rings. The van der Waals surface area contributed by atoms with Gasteiger partial charge in [0, 0.05) is 19.7 Å². The van der Waals surface area contributed by atoms with E-state index in [0.717, 1.165) is 25.9 Å². The molecule has 0 spiro atoms. The lowest BCUT2D eigenvalue weighted by Crippen LogP contribution is -2.41. The summed E-state index contributed by atoms with van der Waals surface area (Å²) in [5, 5.41) is 9.11. The van der Waals surface area contributed by atoms with Gasteiger partial charge in [-0.1, -0.05) is 13.8 Å². The highest BCUT2D eigenvalue weighted by atomic mass is 16.5. The van der Waals surface area contributed by atoms with Crippen LogP contribution in [0.25, 0.3) is 0 Å². The van der Waals surface area contributed by atoms with Gasteiger partial charge in [-0.15, -0.1) is 0 Å². The molecule has 1 atom stereocenters. The van der Waals surface area contributed by atoms with Crippen molar-refractivity contribution in [3.63, 3.8) is 0 Å². The number of rotatable bonds is 8. The molecule has 0 aromatic heterocycles. The maximum absolute atomic E-state index is 9.11. The molecule has 0 heterocycles. The standard InChI is InChI=1S/C10H23NO2/c1-4-7-11(8-5-2)10(9-12)13-6-3/h10,12H,4-9H2,1-3H3. The Kier molecular flexibility index (Phi) is 8.40. The number of nitrogens with zero attached hydrogens (tertiary/aromatic N) is 1. The van der Waals surface area contributed by atoms with Crippen molar-refractivity contribution in [2.75, 3.05) is 26.3 Å². The summed E-state index contributed by atoms with van der Waals surface area (Å²) < 4.78 is 5.43. The van der Waals surface area contributed by atoms with E-state index in [9.17, 15) is 0 Å². The molecule has 80 valence electrons. The number of ether oxygens (including phenoxy) is 1. The third kappa shape index (κ3) is 5.24. The van der Waals surface area contributed by atoms with Crippen LogP contribution in [0.4, 0.5) is 0 Å². The Bertz CT molecular complexity index is 103. The van der Waals surface area contributed by atoms with Gasteiger partial charge in [0.15, 0.2) is 0 Å². The predicted molar refractivity (Wildman–Crippen MR) is 54.7 cm³/mol. The van der Waals surface area contributed by atoms with E-state index in [-0.39, 0.29) is 12.8 Å². The summed E-state index contributed by atoms with van der Waals surface area (Å²) in [6.07, 6.45) is 2.09. The number of hydrogen-bond donors (Lipinski definition) is 1. The van der Waals surface area contributed by atoms with Crippen LogP contribution in [0.1, 0.15) is 33.6 Å². The SMILES string of the molecule is CCCN(CCC)C(CO)OCC. The van der Waals surface area contributed by atoms with Crippen molar-refractivity contribution in [1.29, 1.82) is 0 Å². The first-order chi connectivity index (χ1) is 6.29.